The number of fused-ring (bicyclic) bond motifs is 1. The molecular formula is C20H22N4O3. The molecule has 0 bridgehead atoms. The summed E-state index contributed by atoms with van der Waals surface area (Å²) in [5, 5.41) is 0. The number of H-pyrrole nitrogens is 1. The molecular weight excluding hydrogens is 344 g/mol. The van der Waals surface area contributed by atoms with Crippen LogP contribution in [0.1, 0.15) is 29.1 Å². The van der Waals surface area contributed by atoms with Crippen LogP contribution in [0.4, 0.5) is 0 Å². The fourth-order valence-corrected chi connectivity index (χ4v) is 3.90. The normalized spacial score (nSPS) is 19.3. The highest BCUT2D eigenvalue weighted by atomic mass is 16.2. The minimum Gasteiger partial charge on any atom is -0.338 e. The van der Waals surface area contributed by atoms with Crippen molar-refractivity contribution in [3.63, 3.8) is 0 Å². The van der Waals surface area contributed by atoms with Gasteiger partial charge in [-0.15, -0.1) is 0 Å². The zero-order chi connectivity index (χ0) is 19.0. The molecule has 1 saturated heterocycles. The minimum atomic E-state index is -0.328. The van der Waals surface area contributed by atoms with Gasteiger partial charge < -0.3 is 14.8 Å². The number of aryl methyl sites for hydroxylation is 1. The molecule has 0 radical (unpaired) electrons. The van der Waals surface area contributed by atoms with E-state index in [-0.39, 0.29) is 29.7 Å². The quantitative estimate of drug-likeness (QED) is 0.878. The van der Waals surface area contributed by atoms with Crippen LogP contribution in [0.5, 0.6) is 0 Å². The Morgan fingerprint density at radius 1 is 1.26 bits per heavy atom. The summed E-state index contributed by atoms with van der Waals surface area (Å²) in [5.41, 5.74) is 2.28. The Morgan fingerprint density at radius 2 is 2.04 bits per heavy atom. The summed E-state index contributed by atoms with van der Waals surface area (Å²) in [4.78, 5) is 47.9. The van der Waals surface area contributed by atoms with E-state index >= 15 is 0 Å². The van der Waals surface area contributed by atoms with E-state index in [0.29, 0.717) is 49.7 Å². The Kier molecular flexibility index (Phi) is 4.51. The van der Waals surface area contributed by atoms with Crippen LogP contribution in [0, 0.1) is 12.8 Å². The molecule has 2 aliphatic heterocycles. The predicted octanol–water partition coefficient (Wildman–Crippen LogP) is 1.01. The van der Waals surface area contributed by atoms with Crippen molar-refractivity contribution in [2.24, 2.45) is 5.92 Å². The van der Waals surface area contributed by atoms with Gasteiger partial charge in [-0.3, -0.25) is 14.4 Å². The molecule has 4 rings (SSSR count). The van der Waals surface area contributed by atoms with E-state index in [9.17, 15) is 14.4 Å². The zero-order valence-electron chi connectivity index (χ0n) is 15.3. The molecule has 1 atom stereocenters. The molecule has 0 unspecified atom stereocenters. The number of benzene rings is 1. The Hall–Kier alpha value is -2.96. The lowest BCUT2D eigenvalue weighted by molar-refractivity contribution is -0.136. The van der Waals surface area contributed by atoms with Crippen molar-refractivity contribution in [3.05, 3.63) is 63.3 Å². The van der Waals surface area contributed by atoms with Gasteiger partial charge in [0, 0.05) is 31.6 Å². The molecule has 2 aliphatic rings. The molecule has 0 spiro atoms. The van der Waals surface area contributed by atoms with E-state index in [1.807, 2.05) is 30.3 Å². The van der Waals surface area contributed by atoms with Crippen LogP contribution in [-0.4, -0.2) is 44.7 Å². The van der Waals surface area contributed by atoms with Gasteiger partial charge in [-0.1, -0.05) is 30.3 Å². The predicted molar refractivity (Wildman–Crippen MR) is 98.7 cm³/mol. The van der Waals surface area contributed by atoms with Gasteiger partial charge in [0.15, 0.2) is 0 Å². The molecule has 1 aromatic heterocycles. The summed E-state index contributed by atoms with van der Waals surface area (Å²) in [5.74, 6) is 0.216. The molecule has 1 N–H and O–H groups in total. The fourth-order valence-electron chi connectivity index (χ4n) is 3.90. The lowest BCUT2D eigenvalue weighted by Gasteiger charge is -2.29. The molecule has 1 fully saturated rings. The number of aromatic amines is 1. The van der Waals surface area contributed by atoms with Crippen molar-refractivity contribution in [1.29, 1.82) is 0 Å². The number of likely N-dealkylation sites (tertiary alicyclic amines) is 1. The number of nitrogens with one attached hydrogen (secondary N) is 1. The van der Waals surface area contributed by atoms with Crippen LogP contribution in [0.3, 0.4) is 0 Å². The Labute approximate surface area is 157 Å². The van der Waals surface area contributed by atoms with Gasteiger partial charge in [0.05, 0.1) is 18.2 Å². The monoisotopic (exact) mass is 366 g/mol. The Morgan fingerprint density at radius 3 is 2.81 bits per heavy atom. The van der Waals surface area contributed by atoms with Crippen molar-refractivity contribution in [2.75, 3.05) is 13.1 Å². The van der Waals surface area contributed by atoms with Crippen molar-refractivity contribution >= 4 is 11.8 Å². The summed E-state index contributed by atoms with van der Waals surface area (Å²) in [6.45, 7) is 3.53. The van der Waals surface area contributed by atoms with Gasteiger partial charge in [0.1, 0.15) is 5.82 Å². The van der Waals surface area contributed by atoms with Crippen molar-refractivity contribution in [3.8, 4) is 0 Å². The van der Waals surface area contributed by atoms with E-state index in [1.54, 1.807) is 16.7 Å². The first kappa shape index (κ1) is 17.5. The smallest absolute Gasteiger partial charge is 0.254 e. The second kappa shape index (κ2) is 6.98. The van der Waals surface area contributed by atoms with Crippen molar-refractivity contribution in [2.45, 2.75) is 32.9 Å². The van der Waals surface area contributed by atoms with E-state index in [0.717, 1.165) is 5.56 Å². The van der Waals surface area contributed by atoms with E-state index < -0.39 is 0 Å². The van der Waals surface area contributed by atoms with Crippen LogP contribution in [0.2, 0.25) is 0 Å². The number of hydrogen-bond acceptors (Lipinski definition) is 4. The van der Waals surface area contributed by atoms with Crippen LogP contribution in [0.25, 0.3) is 0 Å². The topological polar surface area (TPSA) is 86.4 Å². The maximum absolute atomic E-state index is 13.0. The molecule has 140 valence electrons. The number of aromatic nitrogens is 2. The SMILES string of the molecule is Cc1nc2c(c(=O)[nH]1)CCN(C(=O)[C@H]1CC(=O)N(Cc3ccccc3)C1)C2. The van der Waals surface area contributed by atoms with E-state index in [4.69, 9.17) is 0 Å². The standard InChI is InChI=1S/C20H22N4O3/c1-13-21-17-12-23(8-7-16(17)19(26)22-13)20(27)15-9-18(25)24(11-15)10-14-5-3-2-4-6-14/h2-6,15H,7-12H2,1H3,(H,21,22,26)/t15-/m0/s1. The van der Waals surface area contributed by atoms with Crippen LogP contribution in [-0.2, 0) is 29.1 Å². The van der Waals surface area contributed by atoms with Gasteiger partial charge in [0.25, 0.3) is 5.56 Å². The molecule has 2 aromatic rings. The average molecular weight is 366 g/mol. The number of carbonyl (C=O) groups is 2. The largest absolute Gasteiger partial charge is 0.338 e. The Bertz CT molecular complexity index is 938. The van der Waals surface area contributed by atoms with Gasteiger partial charge in [-0.05, 0) is 18.9 Å². The first-order valence-corrected chi connectivity index (χ1v) is 9.20. The maximum Gasteiger partial charge on any atom is 0.254 e. The minimum absolute atomic E-state index is 0.0139. The Balaban J connectivity index is 1.44. The third-order valence-corrected chi connectivity index (χ3v) is 5.28. The van der Waals surface area contributed by atoms with Crippen molar-refractivity contribution in [1.82, 2.24) is 19.8 Å². The van der Waals surface area contributed by atoms with Gasteiger partial charge in [-0.2, -0.15) is 0 Å². The molecule has 0 saturated carbocycles. The average Bonchev–Trinajstić information content (AvgIpc) is 3.02. The molecule has 0 aliphatic carbocycles. The summed E-state index contributed by atoms with van der Waals surface area (Å²) in [6.07, 6.45) is 0.745. The lowest BCUT2D eigenvalue weighted by Crippen LogP contribution is -2.42. The molecule has 7 heteroatoms. The van der Waals surface area contributed by atoms with Crippen molar-refractivity contribution < 1.29 is 9.59 Å². The number of nitrogens with zero attached hydrogens (tertiary/aromatic N) is 3. The summed E-state index contributed by atoms with van der Waals surface area (Å²) in [6, 6.07) is 9.79. The molecule has 2 amide bonds. The summed E-state index contributed by atoms with van der Waals surface area (Å²) < 4.78 is 0. The lowest BCUT2D eigenvalue weighted by atomic mass is 10.0. The van der Waals surface area contributed by atoms with E-state index in [1.165, 1.54) is 0 Å². The highest BCUT2D eigenvalue weighted by Gasteiger charge is 2.37. The third-order valence-electron chi connectivity index (χ3n) is 5.28. The first-order valence-electron chi connectivity index (χ1n) is 9.20. The second-order valence-corrected chi connectivity index (χ2v) is 7.25. The number of hydrogen-bond donors (Lipinski definition) is 1. The number of rotatable bonds is 3. The molecule has 27 heavy (non-hydrogen) atoms. The number of amides is 2. The van der Waals surface area contributed by atoms with Crippen LogP contribution >= 0.6 is 0 Å². The summed E-state index contributed by atoms with van der Waals surface area (Å²) in [7, 11) is 0. The molecule has 1 aromatic carbocycles. The van der Waals surface area contributed by atoms with Gasteiger partial charge in [-0.25, -0.2) is 4.98 Å². The van der Waals surface area contributed by atoms with Crippen LogP contribution < -0.4 is 5.56 Å². The zero-order valence-corrected chi connectivity index (χ0v) is 15.3. The van der Waals surface area contributed by atoms with Gasteiger partial charge in [0.2, 0.25) is 11.8 Å². The first-order chi connectivity index (χ1) is 13.0. The molecule has 7 nitrogen and oxygen atoms in total. The maximum atomic E-state index is 13.0. The third kappa shape index (κ3) is 3.49. The highest BCUT2D eigenvalue weighted by molar-refractivity contribution is 5.89. The highest BCUT2D eigenvalue weighted by Crippen LogP contribution is 2.24. The second-order valence-electron chi connectivity index (χ2n) is 7.25. The van der Waals surface area contributed by atoms with E-state index in [2.05, 4.69) is 9.97 Å². The fraction of sp³-hybridized carbons (Fsp3) is 0.400. The van der Waals surface area contributed by atoms with Gasteiger partial charge >= 0.3 is 0 Å². The summed E-state index contributed by atoms with van der Waals surface area (Å²) >= 11 is 0. The van der Waals surface area contributed by atoms with Crippen LogP contribution in [0.15, 0.2) is 35.1 Å². The molecule has 3 heterocycles. The number of carbonyl (C=O) groups excluding carboxylic acids is 2.